The van der Waals surface area contributed by atoms with E-state index in [1.165, 1.54) is 11.3 Å². The van der Waals surface area contributed by atoms with E-state index in [1.807, 2.05) is 66.5 Å². The molecule has 3 aromatic carbocycles. The van der Waals surface area contributed by atoms with E-state index in [2.05, 4.69) is 17.4 Å². The molecule has 0 atom stereocenters. The van der Waals surface area contributed by atoms with E-state index in [9.17, 15) is 4.79 Å². The number of thiophene rings is 1. The van der Waals surface area contributed by atoms with E-state index in [0.29, 0.717) is 22.5 Å². The minimum Gasteiger partial charge on any atom is -0.497 e. The van der Waals surface area contributed by atoms with Crippen LogP contribution in [0.1, 0.15) is 40.9 Å². The summed E-state index contributed by atoms with van der Waals surface area (Å²) >= 11 is 8.26. The lowest BCUT2D eigenvalue weighted by Gasteiger charge is -2.37. The van der Waals surface area contributed by atoms with Crippen molar-refractivity contribution in [1.29, 1.82) is 0 Å². The summed E-state index contributed by atoms with van der Waals surface area (Å²) in [6.07, 6.45) is 3.96. The van der Waals surface area contributed by atoms with Gasteiger partial charge in [0.1, 0.15) is 16.4 Å². The molecule has 1 heterocycles. The lowest BCUT2D eigenvalue weighted by molar-refractivity contribution is 0.0604. The van der Waals surface area contributed by atoms with Crippen LogP contribution < -0.4 is 14.8 Å². The minimum absolute atomic E-state index is 0.0130. The Hall–Kier alpha value is -3.06. The predicted octanol–water partition coefficient (Wildman–Crippen LogP) is 7.41. The maximum absolute atomic E-state index is 14.2. The lowest BCUT2D eigenvalue weighted by Crippen LogP contribution is -2.44. The number of carbonyl (C=O) groups excluding carboxylic acids is 1. The van der Waals surface area contributed by atoms with E-state index in [-0.39, 0.29) is 11.9 Å². The van der Waals surface area contributed by atoms with Crippen LogP contribution in [-0.2, 0) is 6.54 Å². The maximum Gasteiger partial charge on any atom is 0.266 e. The molecule has 1 fully saturated rings. The first-order valence-corrected chi connectivity index (χ1v) is 14.2. The molecule has 1 aliphatic rings. The Labute approximate surface area is 233 Å². The number of fused-ring (bicyclic) bond motifs is 1. The highest BCUT2D eigenvalue weighted by molar-refractivity contribution is 7.21. The van der Waals surface area contributed by atoms with Crippen molar-refractivity contribution in [2.75, 3.05) is 21.3 Å². The van der Waals surface area contributed by atoms with Crippen molar-refractivity contribution in [2.45, 2.75) is 44.3 Å². The van der Waals surface area contributed by atoms with Gasteiger partial charge < -0.3 is 19.7 Å². The lowest BCUT2D eigenvalue weighted by atomic mass is 9.89. The zero-order valence-corrected chi connectivity index (χ0v) is 23.6. The molecule has 0 aliphatic heterocycles. The summed E-state index contributed by atoms with van der Waals surface area (Å²) in [5, 5.41) is 4.88. The van der Waals surface area contributed by atoms with Gasteiger partial charge in [-0.1, -0.05) is 48.0 Å². The molecule has 1 saturated carbocycles. The molecule has 0 unspecified atom stereocenters. The summed E-state index contributed by atoms with van der Waals surface area (Å²) < 4.78 is 12.1. The van der Waals surface area contributed by atoms with Crippen LogP contribution >= 0.6 is 22.9 Å². The number of ether oxygens (including phenoxy) is 2. The van der Waals surface area contributed by atoms with Gasteiger partial charge in [0.15, 0.2) is 0 Å². The molecule has 5 rings (SSSR count). The average molecular weight is 549 g/mol. The van der Waals surface area contributed by atoms with Gasteiger partial charge in [0, 0.05) is 34.3 Å². The molecular formula is C31H33ClN2O3S. The standard InChI is InChI=1S/C31H33ClN2O3S/c1-33-23-11-13-24(14-12-23)34(31(35)30-29(32)26-6-4-5-7-28(26)38-30)19-22-18-21(10-17-27(22)37-3)20-8-15-25(36-2)16-9-20/h4-10,15-18,23-24,33H,11-14,19H2,1-3H3/t23-,24+. The van der Waals surface area contributed by atoms with Crippen LogP contribution in [0, 0.1) is 0 Å². The number of nitrogens with one attached hydrogen (secondary N) is 1. The number of hydrogen-bond acceptors (Lipinski definition) is 5. The number of carbonyl (C=O) groups is 1. The summed E-state index contributed by atoms with van der Waals surface area (Å²) in [7, 11) is 5.36. The van der Waals surface area contributed by atoms with E-state index in [0.717, 1.165) is 64.0 Å². The quantitative estimate of drug-likeness (QED) is 0.249. The van der Waals surface area contributed by atoms with Gasteiger partial charge >= 0.3 is 0 Å². The van der Waals surface area contributed by atoms with Crippen LogP contribution in [0.4, 0.5) is 0 Å². The van der Waals surface area contributed by atoms with Crippen LogP contribution in [-0.4, -0.2) is 44.2 Å². The topological polar surface area (TPSA) is 50.8 Å². The molecule has 198 valence electrons. The number of benzene rings is 3. The molecule has 1 N–H and O–H groups in total. The second kappa shape index (κ2) is 11.8. The van der Waals surface area contributed by atoms with Gasteiger partial charge in [-0.05, 0) is 74.2 Å². The summed E-state index contributed by atoms with van der Waals surface area (Å²) in [6.45, 7) is 0.450. The van der Waals surface area contributed by atoms with Gasteiger partial charge in [0.05, 0.1) is 19.2 Å². The van der Waals surface area contributed by atoms with E-state index in [1.54, 1.807) is 14.2 Å². The van der Waals surface area contributed by atoms with Crippen LogP contribution in [0.3, 0.4) is 0 Å². The van der Waals surface area contributed by atoms with Crippen LogP contribution in [0.15, 0.2) is 66.7 Å². The second-order valence-corrected chi connectivity index (χ2v) is 11.2. The normalized spacial score (nSPS) is 17.4. The van der Waals surface area contributed by atoms with Crippen molar-refractivity contribution in [2.24, 2.45) is 0 Å². The fraction of sp³-hybridized carbons (Fsp3) is 0.323. The molecule has 38 heavy (non-hydrogen) atoms. The molecule has 1 aliphatic carbocycles. The summed E-state index contributed by atoms with van der Waals surface area (Å²) in [6, 6.07) is 22.7. The van der Waals surface area contributed by atoms with Gasteiger partial charge in [-0.2, -0.15) is 0 Å². The summed E-state index contributed by atoms with van der Waals surface area (Å²) in [4.78, 5) is 16.8. The third-order valence-corrected chi connectivity index (χ3v) is 9.24. The Kier molecular flexibility index (Phi) is 8.22. The van der Waals surface area contributed by atoms with Crippen molar-refractivity contribution in [1.82, 2.24) is 10.2 Å². The van der Waals surface area contributed by atoms with Crippen molar-refractivity contribution in [3.8, 4) is 22.6 Å². The zero-order valence-electron chi connectivity index (χ0n) is 22.0. The first kappa shape index (κ1) is 26.5. The molecule has 0 bridgehead atoms. The first-order valence-electron chi connectivity index (χ1n) is 13.0. The Bertz CT molecular complexity index is 1410. The Morgan fingerprint density at radius 2 is 1.68 bits per heavy atom. The van der Waals surface area contributed by atoms with E-state index in [4.69, 9.17) is 21.1 Å². The third kappa shape index (κ3) is 5.39. The second-order valence-electron chi connectivity index (χ2n) is 9.72. The number of nitrogens with zero attached hydrogens (tertiary/aromatic N) is 1. The van der Waals surface area contributed by atoms with Crippen molar-refractivity contribution in [3.05, 3.63) is 82.2 Å². The average Bonchev–Trinajstić information content (AvgIpc) is 3.32. The maximum atomic E-state index is 14.2. The number of hydrogen-bond donors (Lipinski definition) is 1. The minimum atomic E-state index is -0.0130. The number of amides is 1. The molecule has 7 heteroatoms. The predicted molar refractivity (Wildman–Crippen MR) is 157 cm³/mol. The van der Waals surface area contributed by atoms with Gasteiger partial charge in [-0.25, -0.2) is 0 Å². The van der Waals surface area contributed by atoms with Crippen molar-refractivity contribution in [3.63, 3.8) is 0 Å². The largest absolute Gasteiger partial charge is 0.497 e. The molecule has 0 saturated heterocycles. The highest BCUT2D eigenvalue weighted by Crippen LogP contribution is 2.38. The van der Waals surface area contributed by atoms with E-state index >= 15 is 0 Å². The highest BCUT2D eigenvalue weighted by atomic mass is 35.5. The van der Waals surface area contributed by atoms with Crippen molar-refractivity contribution < 1.29 is 14.3 Å². The number of halogens is 1. The van der Waals surface area contributed by atoms with Gasteiger partial charge in [-0.15, -0.1) is 11.3 Å². The van der Waals surface area contributed by atoms with Gasteiger partial charge in [0.25, 0.3) is 5.91 Å². The molecule has 1 amide bonds. The monoisotopic (exact) mass is 548 g/mol. The molecule has 0 spiro atoms. The summed E-state index contributed by atoms with van der Waals surface area (Å²) in [5.41, 5.74) is 3.12. The smallest absolute Gasteiger partial charge is 0.266 e. The number of methoxy groups -OCH3 is 2. The fourth-order valence-corrected chi connectivity index (χ4v) is 6.84. The summed E-state index contributed by atoms with van der Waals surface area (Å²) in [5.74, 6) is 1.57. The van der Waals surface area contributed by atoms with Crippen LogP contribution in [0.25, 0.3) is 21.2 Å². The van der Waals surface area contributed by atoms with Gasteiger partial charge in [-0.3, -0.25) is 4.79 Å². The van der Waals surface area contributed by atoms with Gasteiger partial charge in [0.2, 0.25) is 0 Å². The fourth-order valence-electron chi connectivity index (χ4n) is 5.37. The Balaban J connectivity index is 1.51. The Morgan fingerprint density at radius 3 is 2.34 bits per heavy atom. The molecule has 0 radical (unpaired) electrons. The first-order chi connectivity index (χ1) is 18.5. The zero-order chi connectivity index (χ0) is 26.6. The number of rotatable bonds is 8. The van der Waals surface area contributed by atoms with Crippen LogP contribution in [0.2, 0.25) is 5.02 Å². The third-order valence-electron chi connectivity index (χ3n) is 7.58. The SMILES string of the molecule is CN[C@H]1CC[C@@H](N(Cc2cc(-c3ccc(OC)cc3)ccc2OC)C(=O)c2sc3ccccc3c2Cl)CC1. The molecule has 5 nitrogen and oxygen atoms in total. The van der Waals surface area contributed by atoms with Crippen LogP contribution in [0.5, 0.6) is 11.5 Å². The molecule has 4 aromatic rings. The van der Waals surface area contributed by atoms with E-state index < -0.39 is 0 Å². The highest BCUT2D eigenvalue weighted by Gasteiger charge is 2.32. The molecular weight excluding hydrogens is 516 g/mol. The van der Waals surface area contributed by atoms with Crippen molar-refractivity contribution >= 4 is 38.9 Å². The molecule has 1 aromatic heterocycles. The Morgan fingerprint density at radius 1 is 0.974 bits per heavy atom.